The van der Waals surface area contributed by atoms with Crippen molar-refractivity contribution in [1.82, 2.24) is 0 Å². The van der Waals surface area contributed by atoms with Gasteiger partial charge in [-0.3, -0.25) is 9.59 Å². The molecule has 0 amide bonds. The Bertz CT molecular complexity index is 411. The fraction of sp³-hybridized carbons (Fsp3) is 0.273. The Balaban J connectivity index is 2.43. The zero-order valence-corrected chi connectivity index (χ0v) is 7.97. The van der Waals surface area contributed by atoms with Gasteiger partial charge >= 0.3 is 5.97 Å². The smallest absolute Gasteiger partial charge is 0.314 e. The third kappa shape index (κ3) is 1.70. The van der Waals surface area contributed by atoms with E-state index < -0.39 is 11.9 Å². The number of fused-ring (bicyclic) bond motifs is 1. The lowest BCUT2D eigenvalue weighted by Crippen LogP contribution is -2.23. The molecule has 1 N–H and O–H groups in total. The van der Waals surface area contributed by atoms with Crippen molar-refractivity contribution in [2.75, 3.05) is 6.61 Å². The third-order valence-electron chi connectivity index (χ3n) is 2.43. The number of carbonyl (C=O) groups is 2. The summed E-state index contributed by atoms with van der Waals surface area (Å²) in [5.41, 5.74) is 0.363. The standard InChI is InChI=1S/C11H10O4/c12-10-7-3-1-2-4-9(7)15-6-5-8(10)11(13)14/h1-4,8H,5-6H2,(H,13,14). The monoisotopic (exact) mass is 206 g/mol. The molecule has 0 saturated carbocycles. The van der Waals surface area contributed by atoms with Crippen LogP contribution in [0.2, 0.25) is 0 Å². The average Bonchev–Trinajstić information content (AvgIpc) is 2.39. The highest BCUT2D eigenvalue weighted by Gasteiger charge is 2.31. The van der Waals surface area contributed by atoms with Crippen molar-refractivity contribution in [2.24, 2.45) is 5.92 Å². The van der Waals surface area contributed by atoms with E-state index >= 15 is 0 Å². The minimum absolute atomic E-state index is 0.225. The highest BCUT2D eigenvalue weighted by molar-refractivity contribution is 6.09. The van der Waals surface area contributed by atoms with Crippen LogP contribution in [0.25, 0.3) is 0 Å². The molecule has 1 unspecified atom stereocenters. The molecule has 0 aromatic heterocycles. The second-order valence-corrected chi connectivity index (χ2v) is 3.39. The fourth-order valence-electron chi connectivity index (χ4n) is 1.64. The number of carboxylic acid groups (broad SMARTS) is 1. The van der Waals surface area contributed by atoms with Crippen molar-refractivity contribution in [3.05, 3.63) is 29.8 Å². The van der Waals surface area contributed by atoms with Crippen LogP contribution in [-0.2, 0) is 4.79 Å². The topological polar surface area (TPSA) is 63.6 Å². The first-order valence-electron chi connectivity index (χ1n) is 4.69. The normalized spacial score (nSPS) is 20.0. The molecule has 1 aromatic carbocycles. The van der Waals surface area contributed by atoms with Gasteiger partial charge in [-0.2, -0.15) is 0 Å². The van der Waals surface area contributed by atoms with E-state index in [2.05, 4.69) is 0 Å². The first kappa shape index (κ1) is 9.71. The van der Waals surface area contributed by atoms with Gasteiger partial charge in [0.25, 0.3) is 0 Å². The molecule has 4 heteroatoms. The van der Waals surface area contributed by atoms with Crippen molar-refractivity contribution in [3.63, 3.8) is 0 Å². The Hall–Kier alpha value is -1.84. The van der Waals surface area contributed by atoms with Gasteiger partial charge in [-0.15, -0.1) is 0 Å². The largest absolute Gasteiger partial charge is 0.493 e. The van der Waals surface area contributed by atoms with Crippen LogP contribution < -0.4 is 4.74 Å². The van der Waals surface area contributed by atoms with E-state index in [1.165, 1.54) is 0 Å². The maximum absolute atomic E-state index is 11.8. The molecule has 78 valence electrons. The van der Waals surface area contributed by atoms with Gasteiger partial charge < -0.3 is 9.84 Å². The summed E-state index contributed by atoms with van der Waals surface area (Å²) in [6, 6.07) is 6.73. The minimum atomic E-state index is -1.08. The lowest BCUT2D eigenvalue weighted by molar-refractivity contribution is -0.140. The van der Waals surface area contributed by atoms with Gasteiger partial charge in [0.05, 0.1) is 12.2 Å². The summed E-state index contributed by atoms with van der Waals surface area (Å²) < 4.78 is 5.32. The molecule has 0 aliphatic carbocycles. The maximum atomic E-state index is 11.8. The molecule has 2 rings (SSSR count). The zero-order valence-electron chi connectivity index (χ0n) is 7.97. The Morgan fingerprint density at radius 3 is 2.87 bits per heavy atom. The molecule has 1 atom stereocenters. The first-order chi connectivity index (χ1) is 7.20. The van der Waals surface area contributed by atoms with Crippen LogP contribution in [0.4, 0.5) is 0 Å². The van der Waals surface area contributed by atoms with Crippen LogP contribution in [-0.4, -0.2) is 23.5 Å². The summed E-state index contributed by atoms with van der Waals surface area (Å²) in [5.74, 6) is -1.95. The molecule has 0 spiro atoms. The van der Waals surface area contributed by atoms with Gasteiger partial charge in [-0.1, -0.05) is 12.1 Å². The molecule has 1 aliphatic rings. The summed E-state index contributed by atoms with van der Waals surface area (Å²) in [6.45, 7) is 0.264. The number of ether oxygens (including phenoxy) is 1. The lowest BCUT2D eigenvalue weighted by atomic mass is 9.95. The van der Waals surface area contributed by atoms with Crippen LogP contribution in [0.3, 0.4) is 0 Å². The zero-order chi connectivity index (χ0) is 10.8. The second kappa shape index (κ2) is 3.73. The Labute approximate surface area is 86.5 Å². The van der Waals surface area contributed by atoms with E-state index in [9.17, 15) is 9.59 Å². The number of hydrogen-bond donors (Lipinski definition) is 1. The van der Waals surface area contributed by atoms with E-state index in [1.807, 2.05) is 0 Å². The van der Waals surface area contributed by atoms with Crippen molar-refractivity contribution in [2.45, 2.75) is 6.42 Å². The predicted octanol–water partition coefficient (Wildman–Crippen LogP) is 1.35. The van der Waals surface area contributed by atoms with Crippen LogP contribution in [0.5, 0.6) is 5.75 Å². The van der Waals surface area contributed by atoms with E-state index in [4.69, 9.17) is 9.84 Å². The molecular formula is C11H10O4. The number of carboxylic acids is 1. The third-order valence-corrected chi connectivity index (χ3v) is 2.43. The molecule has 1 aromatic rings. The number of rotatable bonds is 1. The van der Waals surface area contributed by atoms with E-state index in [0.29, 0.717) is 11.3 Å². The summed E-state index contributed by atoms with van der Waals surface area (Å²) >= 11 is 0. The number of ketones is 1. The van der Waals surface area contributed by atoms with E-state index in [0.717, 1.165) is 0 Å². The number of hydrogen-bond acceptors (Lipinski definition) is 3. The summed E-state index contributed by atoms with van der Waals surface area (Å²) in [6.07, 6.45) is 0.225. The number of para-hydroxylation sites is 1. The van der Waals surface area contributed by atoms with Gasteiger partial charge in [-0.25, -0.2) is 0 Å². The number of carbonyl (C=O) groups excluding carboxylic acids is 1. The van der Waals surface area contributed by atoms with Crippen LogP contribution in [0, 0.1) is 5.92 Å². The maximum Gasteiger partial charge on any atom is 0.314 e. The number of Topliss-reactive ketones (excluding diaryl/α,β-unsaturated/α-hetero) is 1. The molecule has 1 heterocycles. The van der Waals surface area contributed by atoms with Crippen LogP contribution in [0.1, 0.15) is 16.8 Å². The van der Waals surface area contributed by atoms with E-state index in [1.54, 1.807) is 24.3 Å². The van der Waals surface area contributed by atoms with Gasteiger partial charge in [-0.05, 0) is 12.1 Å². The van der Waals surface area contributed by atoms with Gasteiger partial charge in [0.1, 0.15) is 11.7 Å². The molecule has 15 heavy (non-hydrogen) atoms. The average molecular weight is 206 g/mol. The van der Waals surface area contributed by atoms with Crippen molar-refractivity contribution in [3.8, 4) is 5.75 Å². The van der Waals surface area contributed by atoms with Crippen molar-refractivity contribution >= 4 is 11.8 Å². The SMILES string of the molecule is O=C(O)C1CCOc2ccccc2C1=O. The predicted molar refractivity (Wildman–Crippen MR) is 52.0 cm³/mol. The van der Waals surface area contributed by atoms with Crippen LogP contribution in [0.15, 0.2) is 24.3 Å². The Morgan fingerprint density at radius 1 is 1.40 bits per heavy atom. The van der Waals surface area contributed by atoms with Gasteiger partial charge in [0.15, 0.2) is 5.78 Å². The lowest BCUT2D eigenvalue weighted by Gasteiger charge is -2.05. The number of aliphatic carboxylic acids is 1. The van der Waals surface area contributed by atoms with Crippen molar-refractivity contribution < 1.29 is 19.4 Å². The molecular weight excluding hydrogens is 196 g/mol. The first-order valence-corrected chi connectivity index (χ1v) is 4.69. The highest BCUT2D eigenvalue weighted by atomic mass is 16.5. The molecule has 1 aliphatic heterocycles. The van der Waals surface area contributed by atoms with Gasteiger partial charge in [0, 0.05) is 6.42 Å². The molecule has 0 fully saturated rings. The molecule has 0 bridgehead atoms. The van der Waals surface area contributed by atoms with Crippen LogP contribution >= 0.6 is 0 Å². The summed E-state index contributed by atoms with van der Waals surface area (Å²) in [5, 5.41) is 8.88. The van der Waals surface area contributed by atoms with Crippen molar-refractivity contribution in [1.29, 1.82) is 0 Å². The molecule has 0 radical (unpaired) electrons. The second-order valence-electron chi connectivity index (χ2n) is 3.39. The minimum Gasteiger partial charge on any atom is -0.493 e. The highest BCUT2D eigenvalue weighted by Crippen LogP contribution is 2.26. The quantitative estimate of drug-likeness (QED) is 0.704. The number of benzene rings is 1. The molecule has 0 saturated heterocycles. The molecule has 4 nitrogen and oxygen atoms in total. The fourth-order valence-corrected chi connectivity index (χ4v) is 1.64. The van der Waals surface area contributed by atoms with Gasteiger partial charge in [0.2, 0.25) is 0 Å². The summed E-state index contributed by atoms with van der Waals surface area (Å²) in [7, 11) is 0. The summed E-state index contributed by atoms with van der Waals surface area (Å²) in [4.78, 5) is 22.7. The Kier molecular flexibility index (Phi) is 2.41. The Morgan fingerprint density at radius 2 is 2.13 bits per heavy atom. The van der Waals surface area contributed by atoms with E-state index in [-0.39, 0.29) is 18.8 Å².